The van der Waals surface area contributed by atoms with Crippen molar-refractivity contribution in [3.05, 3.63) is 113 Å². The quantitative estimate of drug-likeness (QED) is 0.442. The van der Waals surface area contributed by atoms with Gasteiger partial charge in [0.1, 0.15) is 18.2 Å². The van der Waals surface area contributed by atoms with Gasteiger partial charge in [-0.2, -0.15) is 0 Å². The number of halogens is 1. The molecule has 0 fully saturated rings. The Balaban J connectivity index is 1.30. The van der Waals surface area contributed by atoms with Gasteiger partial charge in [-0.1, -0.05) is 72.3 Å². The number of benzene rings is 3. The Hall–Kier alpha value is -3.70. The molecule has 3 aromatic carbocycles. The first-order valence-electron chi connectivity index (χ1n) is 10.8. The molecule has 1 amide bonds. The molecule has 164 valence electrons. The number of ether oxygens (including phenoxy) is 1. The number of hydrogen-bond donors (Lipinski definition) is 1. The highest BCUT2D eigenvalue weighted by molar-refractivity contribution is 6.32. The van der Waals surface area contributed by atoms with Crippen molar-refractivity contribution >= 4 is 17.5 Å². The van der Waals surface area contributed by atoms with Crippen LogP contribution in [0.5, 0.6) is 5.75 Å². The molecule has 6 heteroatoms. The summed E-state index contributed by atoms with van der Waals surface area (Å²) < 4.78 is 6.09. The normalized spacial score (nSPS) is 14.5. The van der Waals surface area contributed by atoms with Crippen molar-refractivity contribution in [3.63, 3.8) is 0 Å². The lowest BCUT2D eigenvalue weighted by Gasteiger charge is -2.19. The average Bonchev–Trinajstić information content (AvgIpc) is 3.29. The molecule has 0 unspecified atom stereocenters. The summed E-state index contributed by atoms with van der Waals surface area (Å²) in [6.45, 7) is 0.393. The largest absolute Gasteiger partial charge is 0.486 e. The lowest BCUT2D eigenvalue weighted by molar-refractivity contribution is -0.122. The molecule has 1 atom stereocenters. The number of aromatic nitrogens is 2. The molecule has 1 aliphatic rings. The van der Waals surface area contributed by atoms with Gasteiger partial charge in [0.25, 0.3) is 0 Å². The number of amides is 1. The van der Waals surface area contributed by atoms with E-state index >= 15 is 0 Å². The maximum absolute atomic E-state index is 13.3. The van der Waals surface area contributed by atoms with Crippen LogP contribution >= 0.6 is 11.6 Å². The minimum Gasteiger partial charge on any atom is -0.486 e. The summed E-state index contributed by atoms with van der Waals surface area (Å²) >= 11 is 6.51. The molecular weight excluding hydrogens is 434 g/mol. The maximum Gasteiger partial charge on any atom is 0.232 e. The number of nitrogens with one attached hydrogen (secondary N) is 1. The smallest absolute Gasteiger partial charge is 0.232 e. The zero-order valence-corrected chi connectivity index (χ0v) is 18.6. The van der Waals surface area contributed by atoms with Gasteiger partial charge in [-0.15, -0.1) is 0 Å². The van der Waals surface area contributed by atoms with Crippen molar-refractivity contribution in [2.24, 2.45) is 0 Å². The molecule has 5 nitrogen and oxygen atoms in total. The number of hydrogen-bond acceptors (Lipinski definition) is 4. The van der Waals surface area contributed by atoms with Gasteiger partial charge >= 0.3 is 0 Å². The lowest BCUT2D eigenvalue weighted by atomic mass is 9.90. The molecule has 0 aliphatic carbocycles. The van der Waals surface area contributed by atoms with Crippen LogP contribution in [0.2, 0.25) is 5.02 Å². The molecule has 5 rings (SSSR count). The van der Waals surface area contributed by atoms with Gasteiger partial charge in [-0.25, -0.2) is 9.97 Å². The SMILES string of the molecule is O=C(NC[C@@H]1Cc2cc(-c3cncnc3)cc(Cl)c2O1)C(c1ccccc1)c1ccccc1. The summed E-state index contributed by atoms with van der Waals surface area (Å²) in [6, 6.07) is 23.5. The van der Waals surface area contributed by atoms with Gasteiger partial charge < -0.3 is 10.1 Å². The van der Waals surface area contributed by atoms with E-state index in [1.54, 1.807) is 12.4 Å². The highest BCUT2D eigenvalue weighted by Gasteiger charge is 2.28. The van der Waals surface area contributed by atoms with Crippen LogP contribution in [-0.2, 0) is 11.2 Å². The Bertz CT molecular complexity index is 1210. The van der Waals surface area contributed by atoms with Crippen molar-refractivity contribution in [1.29, 1.82) is 0 Å². The highest BCUT2D eigenvalue weighted by atomic mass is 35.5. The second-order valence-corrected chi connectivity index (χ2v) is 8.42. The fraction of sp³-hybridized carbons (Fsp3) is 0.148. The topological polar surface area (TPSA) is 64.1 Å². The zero-order chi connectivity index (χ0) is 22.6. The third-order valence-electron chi connectivity index (χ3n) is 5.78. The van der Waals surface area contributed by atoms with Crippen molar-refractivity contribution in [2.75, 3.05) is 6.54 Å². The first-order valence-corrected chi connectivity index (χ1v) is 11.2. The van der Waals surface area contributed by atoms with E-state index in [-0.39, 0.29) is 17.9 Å². The lowest BCUT2D eigenvalue weighted by Crippen LogP contribution is -2.37. The molecular formula is C27H22ClN3O2. The monoisotopic (exact) mass is 455 g/mol. The second-order valence-electron chi connectivity index (χ2n) is 8.02. The molecule has 1 aromatic heterocycles. The van der Waals surface area contributed by atoms with E-state index in [0.717, 1.165) is 27.8 Å². The highest BCUT2D eigenvalue weighted by Crippen LogP contribution is 2.39. The maximum atomic E-state index is 13.3. The zero-order valence-electron chi connectivity index (χ0n) is 17.8. The number of rotatable bonds is 6. The van der Waals surface area contributed by atoms with Crippen molar-refractivity contribution in [3.8, 4) is 16.9 Å². The summed E-state index contributed by atoms with van der Waals surface area (Å²) in [7, 11) is 0. The van der Waals surface area contributed by atoms with Crippen molar-refractivity contribution < 1.29 is 9.53 Å². The van der Waals surface area contributed by atoms with Crippen molar-refractivity contribution in [2.45, 2.75) is 18.4 Å². The van der Waals surface area contributed by atoms with E-state index < -0.39 is 0 Å². The van der Waals surface area contributed by atoms with Crippen LogP contribution in [0.25, 0.3) is 11.1 Å². The van der Waals surface area contributed by atoms with Gasteiger partial charge in [0, 0.05) is 29.9 Å². The van der Waals surface area contributed by atoms with Crippen LogP contribution in [0.4, 0.5) is 0 Å². The van der Waals surface area contributed by atoms with Crippen LogP contribution in [0, 0.1) is 0 Å². The average molecular weight is 456 g/mol. The first-order chi connectivity index (χ1) is 16.2. The van der Waals surface area contributed by atoms with Gasteiger partial charge in [-0.05, 0) is 28.8 Å². The van der Waals surface area contributed by atoms with E-state index in [2.05, 4.69) is 21.4 Å². The summed E-state index contributed by atoms with van der Waals surface area (Å²) in [4.78, 5) is 21.4. The van der Waals surface area contributed by atoms with Crippen LogP contribution < -0.4 is 10.1 Å². The third kappa shape index (κ3) is 4.59. The van der Waals surface area contributed by atoms with E-state index in [4.69, 9.17) is 16.3 Å². The number of carbonyl (C=O) groups excluding carboxylic acids is 1. The Morgan fingerprint density at radius 3 is 2.24 bits per heavy atom. The summed E-state index contributed by atoms with van der Waals surface area (Å²) in [5.74, 6) is 0.240. The van der Waals surface area contributed by atoms with Gasteiger partial charge in [0.05, 0.1) is 17.5 Å². The Kier molecular flexibility index (Phi) is 6.05. The first kappa shape index (κ1) is 21.2. The Morgan fingerprint density at radius 2 is 1.61 bits per heavy atom. The summed E-state index contributed by atoms with van der Waals surface area (Å²) in [5, 5.41) is 3.64. The standard InChI is InChI=1S/C27H22ClN3O2/c28-24-13-20(22-14-29-17-30-15-22)11-21-12-23(33-26(21)24)16-31-27(32)25(18-7-3-1-4-8-18)19-9-5-2-6-10-19/h1-11,13-15,17,23,25H,12,16H2,(H,31,32)/t23-/m0/s1. The van der Waals surface area contributed by atoms with E-state index in [0.29, 0.717) is 23.7 Å². The molecule has 1 aliphatic heterocycles. The van der Waals surface area contributed by atoms with Crippen molar-refractivity contribution in [1.82, 2.24) is 15.3 Å². The van der Waals surface area contributed by atoms with Gasteiger partial charge in [-0.3, -0.25) is 4.79 Å². The second kappa shape index (κ2) is 9.43. The fourth-order valence-electron chi connectivity index (χ4n) is 4.22. The molecule has 0 spiro atoms. The van der Waals surface area contributed by atoms with Gasteiger partial charge in [0.15, 0.2) is 0 Å². The predicted octanol–water partition coefficient (Wildman–Crippen LogP) is 5.05. The molecule has 0 saturated heterocycles. The number of fused-ring (bicyclic) bond motifs is 1. The van der Waals surface area contributed by atoms with Crippen LogP contribution in [0.15, 0.2) is 91.5 Å². The number of carbonyl (C=O) groups is 1. The predicted molar refractivity (Wildman–Crippen MR) is 128 cm³/mol. The van der Waals surface area contributed by atoms with Gasteiger partial charge in [0.2, 0.25) is 5.91 Å². The summed E-state index contributed by atoms with van der Waals surface area (Å²) in [5.41, 5.74) is 4.76. The molecule has 0 bridgehead atoms. The molecule has 33 heavy (non-hydrogen) atoms. The van der Waals surface area contributed by atoms with Crippen LogP contribution in [0.1, 0.15) is 22.6 Å². The third-order valence-corrected chi connectivity index (χ3v) is 6.06. The van der Waals surface area contributed by atoms with Crippen LogP contribution in [-0.4, -0.2) is 28.5 Å². The minimum absolute atomic E-state index is 0.0554. The fourth-order valence-corrected chi connectivity index (χ4v) is 4.50. The van der Waals surface area contributed by atoms with E-state index in [1.165, 1.54) is 6.33 Å². The molecule has 1 N–H and O–H groups in total. The Morgan fingerprint density at radius 1 is 0.970 bits per heavy atom. The van der Waals surface area contributed by atoms with E-state index in [1.807, 2.05) is 66.7 Å². The Labute approximate surface area is 197 Å². The number of nitrogens with zero attached hydrogens (tertiary/aromatic N) is 2. The molecule has 2 heterocycles. The molecule has 4 aromatic rings. The molecule has 0 radical (unpaired) electrons. The molecule has 0 saturated carbocycles. The summed E-state index contributed by atoms with van der Waals surface area (Å²) in [6.07, 6.45) is 5.49. The van der Waals surface area contributed by atoms with E-state index in [9.17, 15) is 4.79 Å². The van der Waals surface area contributed by atoms with Crippen LogP contribution in [0.3, 0.4) is 0 Å². The minimum atomic E-state index is -0.385.